The smallest absolute Gasteiger partial charge is 0.161 e. The number of aliphatic hydroxyl groups excluding tert-OH is 2. The van der Waals surface area contributed by atoms with E-state index in [-0.39, 0.29) is 5.71 Å². The van der Waals surface area contributed by atoms with Crippen LogP contribution in [0.4, 0.5) is 5.82 Å². The van der Waals surface area contributed by atoms with Gasteiger partial charge in [0.1, 0.15) is 17.9 Å². The Balaban J connectivity index is 2.47. The predicted octanol–water partition coefficient (Wildman–Crippen LogP) is 0.826. The molecule has 0 aliphatic heterocycles. The van der Waals surface area contributed by atoms with Gasteiger partial charge in [-0.3, -0.25) is 0 Å². The fourth-order valence-electron chi connectivity index (χ4n) is 2.16. The van der Waals surface area contributed by atoms with E-state index in [2.05, 4.69) is 16.7 Å². The highest BCUT2D eigenvalue weighted by Gasteiger charge is 2.35. The van der Waals surface area contributed by atoms with Gasteiger partial charge in [0.2, 0.25) is 0 Å². The van der Waals surface area contributed by atoms with Crippen LogP contribution in [0, 0.1) is 5.41 Å². The first-order chi connectivity index (χ1) is 8.47. The quantitative estimate of drug-likeness (QED) is 0.546. The maximum atomic E-state index is 9.98. The summed E-state index contributed by atoms with van der Waals surface area (Å²) in [5, 5.41) is 27.3. The summed E-state index contributed by atoms with van der Waals surface area (Å²) in [6, 6.07) is -0.430. The Morgan fingerprint density at radius 3 is 2.67 bits per heavy atom. The molecule has 2 rings (SSSR count). The Hall–Kier alpha value is -1.79. The zero-order valence-corrected chi connectivity index (χ0v) is 10.3. The van der Waals surface area contributed by atoms with Crippen LogP contribution < -0.4 is 0 Å². The Kier molecular flexibility index (Phi) is 3.14. The van der Waals surface area contributed by atoms with Gasteiger partial charge in [-0.1, -0.05) is 6.08 Å². The van der Waals surface area contributed by atoms with Crippen molar-refractivity contribution in [3.8, 4) is 0 Å². The second-order valence-corrected chi connectivity index (χ2v) is 4.44. The summed E-state index contributed by atoms with van der Waals surface area (Å²) in [4.78, 5) is 7.97. The summed E-state index contributed by atoms with van der Waals surface area (Å²) in [6.07, 6.45) is 1.47. The van der Waals surface area contributed by atoms with Gasteiger partial charge in [0.05, 0.1) is 18.1 Å². The van der Waals surface area contributed by atoms with Gasteiger partial charge in [0.25, 0.3) is 0 Å². The molecular weight excluding hydrogens is 232 g/mol. The molecule has 6 heteroatoms. The van der Waals surface area contributed by atoms with E-state index in [9.17, 15) is 10.2 Å². The van der Waals surface area contributed by atoms with Gasteiger partial charge in [-0.2, -0.15) is 0 Å². The summed E-state index contributed by atoms with van der Waals surface area (Å²) in [7, 11) is 0. The third kappa shape index (κ3) is 1.79. The molecule has 1 aromatic rings. The summed E-state index contributed by atoms with van der Waals surface area (Å²) in [5.41, 5.74) is 1.43. The minimum atomic E-state index is -0.932. The van der Waals surface area contributed by atoms with Crippen LogP contribution >= 0.6 is 0 Å². The Bertz CT molecular complexity index is 532. The first-order valence-corrected chi connectivity index (χ1v) is 5.61. The standard InChI is InChI=1S/C12H16N4O2/c1-6-4-8(11(18)10(6)17)16-5-15-9(7(2)13)12(16)14-3/h4-5,8,10-11,13,17-18H,3H2,1-2H3. The predicted molar refractivity (Wildman–Crippen MR) is 68.7 cm³/mol. The van der Waals surface area contributed by atoms with Crippen molar-refractivity contribution in [3.05, 3.63) is 23.7 Å². The maximum Gasteiger partial charge on any atom is 0.161 e. The minimum Gasteiger partial charge on any atom is -0.388 e. The van der Waals surface area contributed by atoms with Crippen LogP contribution in [0.25, 0.3) is 0 Å². The molecule has 0 aromatic carbocycles. The number of aliphatic imine (C=N–C) groups is 1. The van der Waals surface area contributed by atoms with E-state index >= 15 is 0 Å². The monoisotopic (exact) mass is 248 g/mol. The summed E-state index contributed by atoms with van der Waals surface area (Å²) >= 11 is 0. The van der Waals surface area contributed by atoms with Crippen molar-refractivity contribution < 1.29 is 10.2 Å². The molecule has 0 spiro atoms. The van der Waals surface area contributed by atoms with Crippen molar-refractivity contribution in [2.24, 2.45) is 4.99 Å². The van der Waals surface area contributed by atoms with Crippen LogP contribution in [0.2, 0.25) is 0 Å². The van der Waals surface area contributed by atoms with Gasteiger partial charge in [0, 0.05) is 0 Å². The molecule has 1 heterocycles. The van der Waals surface area contributed by atoms with Gasteiger partial charge in [-0.15, -0.1) is 0 Å². The van der Waals surface area contributed by atoms with Crippen molar-refractivity contribution in [3.63, 3.8) is 0 Å². The largest absolute Gasteiger partial charge is 0.388 e. The lowest BCUT2D eigenvalue weighted by Gasteiger charge is -2.19. The highest BCUT2D eigenvalue weighted by molar-refractivity contribution is 5.98. The average molecular weight is 248 g/mol. The molecule has 1 aliphatic rings. The van der Waals surface area contributed by atoms with Gasteiger partial charge < -0.3 is 20.2 Å². The molecule has 6 nitrogen and oxygen atoms in total. The molecule has 3 unspecified atom stereocenters. The summed E-state index contributed by atoms with van der Waals surface area (Å²) in [5.74, 6) is 0.435. The van der Waals surface area contributed by atoms with E-state index in [4.69, 9.17) is 5.41 Å². The highest BCUT2D eigenvalue weighted by Crippen LogP contribution is 2.33. The summed E-state index contributed by atoms with van der Waals surface area (Å²) < 4.78 is 1.63. The van der Waals surface area contributed by atoms with E-state index < -0.39 is 18.2 Å². The number of aliphatic hydroxyl groups is 2. The maximum absolute atomic E-state index is 9.98. The molecular formula is C12H16N4O2. The third-order valence-corrected chi connectivity index (χ3v) is 3.17. The molecule has 0 radical (unpaired) electrons. The van der Waals surface area contributed by atoms with E-state index in [1.807, 2.05) is 0 Å². The number of nitrogens with zero attached hydrogens (tertiary/aromatic N) is 3. The molecule has 0 saturated carbocycles. The zero-order chi connectivity index (χ0) is 13.4. The van der Waals surface area contributed by atoms with Crippen LogP contribution in [0.3, 0.4) is 0 Å². The molecule has 0 fully saturated rings. The first kappa shape index (κ1) is 12.7. The molecule has 0 saturated heterocycles. The molecule has 3 atom stereocenters. The van der Waals surface area contributed by atoms with E-state index in [0.717, 1.165) is 0 Å². The third-order valence-electron chi connectivity index (χ3n) is 3.17. The molecule has 1 aromatic heterocycles. The zero-order valence-electron chi connectivity index (χ0n) is 10.3. The summed E-state index contributed by atoms with van der Waals surface area (Å²) in [6.45, 7) is 6.84. The van der Waals surface area contributed by atoms with Gasteiger partial charge >= 0.3 is 0 Å². The highest BCUT2D eigenvalue weighted by atomic mass is 16.3. The molecule has 0 amide bonds. The number of imidazole rings is 1. The van der Waals surface area contributed by atoms with Crippen LogP contribution in [-0.4, -0.2) is 44.4 Å². The average Bonchev–Trinajstić information content (AvgIpc) is 2.86. The van der Waals surface area contributed by atoms with Crippen LogP contribution in [-0.2, 0) is 0 Å². The molecule has 18 heavy (non-hydrogen) atoms. The van der Waals surface area contributed by atoms with Crippen molar-refractivity contribution in [1.29, 1.82) is 5.41 Å². The van der Waals surface area contributed by atoms with Crippen LogP contribution in [0.5, 0.6) is 0 Å². The van der Waals surface area contributed by atoms with Crippen LogP contribution in [0.1, 0.15) is 25.6 Å². The fourth-order valence-corrected chi connectivity index (χ4v) is 2.16. The molecule has 96 valence electrons. The molecule has 0 bridgehead atoms. The van der Waals surface area contributed by atoms with Crippen molar-refractivity contribution >= 4 is 18.2 Å². The van der Waals surface area contributed by atoms with E-state index in [1.165, 1.54) is 6.33 Å². The number of nitrogens with one attached hydrogen (secondary N) is 1. The lowest BCUT2D eigenvalue weighted by atomic mass is 10.1. The first-order valence-electron chi connectivity index (χ1n) is 5.61. The minimum absolute atomic E-state index is 0.282. The van der Waals surface area contributed by atoms with E-state index in [0.29, 0.717) is 17.1 Å². The number of hydrogen-bond acceptors (Lipinski definition) is 5. The van der Waals surface area contributed by atoms with Gasteiger partial charge in [-0.05, 0) is 26.1 Å². The lowest BCUT2D eigenvalue weighted by Crippen LogP contribution is -2.28. The normalized spacial score (nSPS) is 27.1. The molecule has 1 aliphatic carbocycles. The van der Waals surface area contributed by atoms with Crippen molar-refractivity contribution in [2.45, 2.75) is 32.1 Å². The lowest BCUT2D eigenvalue weighted by molar-refractivity contribution is 0.0325. The van der Waals surface area contributed by atoms with Crippen molar-refractivity contribution in [1.82, 2.24) is 9.55 Å². The topological polar surface area (TPSA) is 94.5 Å². The number of hydrogen-bond donors (Lipinski definition) is 3. The second kappa shape index (κ2) is 4.47. The molecule has 3 N–H and O–H groups in total. The van der Waals surface area contributed by atoms with E-state index in [1.54, 1.807) is 24.5 Å². The van der Waals surface area contributed by atoms with Crippen LogP contribution in [0.15, 0.2) is 23.0 Å². The Morgan fingerprint density at radius 2 is 2.22 bits per heavy atom. The SMILES string of the molecule is C=Nc1c(C(C)=N)ncn1C1C=C(C)C(O)C1O. The second-order valence-electron chi connectivity index (χ2n) is 4.44. The van der Waals surface area contributed by atoms with Gasteiger partial charge in [0.15, 0.2) is 5.82 Å². The number of rotatable bonds is 3. The Labute approximate surface area is 105 Å². The van der Waals surface area contributed by atoms with Gasteiger partial charge in [-0.25, -0.2) is 9.98 Å². The fraction of sp³-hybridized carbons (Fsp3) is 0.417. The van der Waals surface area contributed by atoms with Crippen molar-refractivity contribution in [2.75, 3.05) is 0 Å². The Morgan fingerprint density at radius 1 is 1.56 bits per heavy atom. The number of aromatic nitrogens is 2.